The summed E-state index contributed by atoms with van der Waals surface area (Å²) in [5.74, 6) is 0. The van der Waals surface area contributed by atoms with Crippen LogP contribution in [0.15, 0.2) is 241 Å². The summed E-state index contributed by atoms with van der Waals surface area (Å²) in [5.41, 5.74) is 16.6. The molecule has 1 aliphatic rings. The van der Waals surface area contributed by atoms with Gasteiger partial charge in [0.05, 0.1) is 16.5 Å². The van der Waals surface area contributed by atoms with E-state index >= 15 is 0 Å². The van der Waals surface area contributed by atoms with Crippen molar-refractivity contribution in [3.8, 4) is 33.4 Å². The van der Waals surface area contributed by atoms with Crippen molar-refractivity contribution >= 4 is 70.5 Å². The van der Waals surface area contributed by atoms with Gasteiger partial charge >= 0.3 is 0 Å². The first-order valence-corrected chi connectivity index (χ1v) is 22.7. The van der Waals surface area contributed by atoms with Crippen LogP contribution >= 0.6 is 11.3 Å². The van der Waals surface area contributed by atoms with Crippen LogP contribution in [0.1, 0.15) is 22.3 Å². The zero-order chi connectivity index (χ0) is 42.2. The van der Waals surface area contributed by atoms with Crippen molar-refractivity contribution in [2.75, 3.05) is 4.90 Å². The molecule has 2 aromatic heterocycles. The minimum atomic E-state index is -0.587. The van der Waals surface area contributed by atoms with Gasteiger partial charge in [-0.05, 0) is 116 Å². The molecule has 3 heteroatoms. The first-order valence-electron chi connectivity index (χ1n) is 21.9. The molecule has 0 saturated carbocycles. The summed E-state index contributed by atoms with van der Waals surface area (Å²) in [6.45, 7) is 0. The van der Waals surface area contributed by atoms with Gasteiger partial charge in [0.25, 0.3) is 0 Å². The van der Waals surface area contributed by atoms with Gasteiger partial charge in [0, 0.05) is 36.9 Å². The van der Waals surface area contributed by atoms with Gasteiger partial charge in [-0.3, -0.25) is 0 Å². The molecule has 12 aromatic rings. The molecule has 2 heterocycles. The molecule has 0 aliphatic heterocycles. The normalized spacial score (nSPS) is 12.8. The van der Waals surface area contributed by atoms with E-state index in [-0.39, 0.29) is 0 Å². The monoisotopic (exact) mass is 833 g/mol. The van der Waals surface area contributed by atoms with E-state index in [9.17, 15) is 0 Å². The lowest BCUT2D eigenvalue weighted by Gasteiger charge is -2.35. The Bertz CT molecular complexity index is 3690. The second-order valence-corrected chi connectivity index (χ2v) is 17.9. The standard InChI is InChI=1S/C61H39NOS/c1-3-15-40(16-4-1)42-29-32-44(33-30-42)61(53-24-10-7-21-48(53)49-22-8-11-25-54(49)61)45-19-13-20-46(38-45)62(47-34-36-59-51(39-47)50-23-9-12-28-58(50)64-59)55-26-14-27-57-60(55)52-37-43(31-35-56(52)63-57)41-17-5-2-6-18-41/h1-39H. The fourth-order valence-electron chi connectivity index (χ4n) is 10.5. The smallest absolute Gasteiger partial charge is 0.137 e. The summed E-state index contributed by atoms with van der Waals surface area (Å²) in [4.78, 5) is 2.46. The minimum Gasteiger partial charge on any atom is -0.456 e. The van der Waals surface area contributed by atoms with E-state index in [1.807, 2.05) is 11.3 Å². The quantitative estimate of drug-likeness (QED) is 0.159. The number of hydrogen-bond acceptors (Lipinski definition) is 3. The Balaban J connectivity index is 1.08. The molecule has 300 valence electrons. The van der Waals surface area contributed by atoms with Gasteiger partial charge in [0.15, 0.2) is 0 Å². The van der Waals surface area contributed by atoms with Crippen molar-refractivity contribution in [1.82, 2.24) is 0 Å². The zero-order valence-corrected chi connectivity index (χ0v) is 35.6. The predicted octanol–water partition coefficient (Wildman–Crippen LogP) is 17.1. The molecular formula is C61H39NOS. The average molecular weight is 834 g/mol. The highest BCUT2D eigenvalue weighted by atomic mass is 32.1. The summed E-state index contributed by atoms with van der Waals surface area (Å²) in [6, 6.07) is 86.7. The van der Waals surface area contributed by atoms with Crippen LogP contribution in [-0.4, -0.2) is 0 Å². The summed E-state index contributed by atoms with van der Waals surface area (Å²) in [7, 11) is 0. The maximum Gasteiger partial charge on any atom is 0.137 e. The van der Waals surface area contributed by atoms with Crippen LogP contribution in [-0.2, 0) is 5.41 Å². The average Bonchev–Trinajstić information content (AvgIpc) is 4.03. The van der Waals surface area contributed by atoms with Crippen LogP contribution in [0.2, 0.25) is 0 Å². The van der Waals surface area contributed by atoms with Gasteiger partial charge in [0.1, 0.15) is 11.2 Å². The first kappa shape index (κ1) is 36.7. The Labute approximate surface area is 375 Å². The SMILES string of the molecule is c1ccc(-c2ccc(C3(c4cccc(N(c5ccc6sc7ccccc7c6c5)c5cccc6oc7ccc(-c8ccccc8)cc7c56)c4)c4ccccc4-c4ccccc43)cc2)cc1. The third-order valence-electron chi connectivity index (χ3n) is 13.4. The van der Waals surface area contributed by atoms with Crippen molar-refractivity contribution in [3.05, 3.63) is 259 Å². The van der Waals surface area contributed by atoms with E-state index in [0.717, 1.165) is 44.6 Å². The Kier molecular flexibility index (Phi) is 8.34. The number of nitrogens with zero attached hydrogens (tertiary/aromatic N) is 1. The highest BCUT2D eigenvalue weighted by Gasteiger charge is 2.46. The van der Waals surface area contributed by atoms with E-state index in [1.165, 1.54) is 70.2 Å². The number of benzene rings is 10. The van der Waals surface area contributed by atoms with Gasteiger partial charge in [-0.15, -0.1) is 11.3 Å². The van der Waals surface area contributed by atoms with Crippen molar-refractivity contribution in [3.63, 3.8) is 0 Å². The number of rotatable bonds is 7. The Morgan fingerprint density at radius 3 is 1.73 bits per heavy atom. The largest absolute Gasteiger partial charge is 0.456 e. The molecule has 0 N–H and O–H groups in total. The number of thiophene rings is 1. The molecular weight excluding hydrogens is 795 g/mol. The fourth-order valence-corrected chi connectivity index (χ4v) is 11.6. The van der Waals surface area contributed by atoms with E-state index in [2.05, 4.69) is 241 Å². The summed E-state index contributed by atoms with van der Waals surface area (Å²) in [6.07, 6.45) is 0. The molecule has 0 fully saturated rings. The molecule has 10 aromatic carbocycles. The van der Waals surface area contributed by atoms with Crippen molar-refractivity contribution in [1.29, 1.82) is 0 Å². The Hall–Kier alpha value is -7.98. The number of fused-ring (bicyclic) bond motifs is 9. The van der Waals surface area contributed by atoms with E-state index in [0.29, 0.717) is 0 Å². The van der Waals surface area contributed by atoms with Crippen molar-refractivity contribution in [2.24, 2.45) is 0 Å². The second kappa shape index (κ2) is 14.6. The summed E-state index contributed by atoms with van der Waals surface area (Å²) in [5, 5.41) is 4.69. The molecule has 0 radical (unpaired) electrons. The lowest BCUT2D eigenvalue weighted by molar-refractivity contribution is 0.669. The summed E-state index contributed by atoms with van der Waals surface area (Å²) >= 11 is 1.85. The third-order valence-corrected chi connectivity index (χ3v) is 14.5. The van der Waals surface area contributed by atoms with Gasteiger partial charge in [-0.2, -0.15) is 0 Å². The van der Waals surface area contributed by atoms with Crippen LogP contribution in [0.25, 0.3) is 75.5 Å². The van der Waals surface area contributed by atoms with Gasteiger partial charge in [0.2, 0.25) is 0 Å². The third kappa shape index (κ3) is 5.58. The number of hydrogen-bond donors (Lipinski definition) is 0. The number of anilines is 3. The molecule has 0 atom stereocenters. The van der Waals surface area contributed by atoms with Crippen LogP contribution in [0.5, 0.6) is 0 Å². The fraction of sp³-hybridized carbons (Fsp3) is 0.0164. The Morgan fingerprint density at radius 2 is 0.969 bits per heavy atom. The second-order valence-electron chi connectivity index (χ2n) is 16.8. The van der Waals surface area contributed by atoms with Crippen LogP contribution in [0.4, 0.5) is 17.1 Å². The molecule has 0 amide bonds. The molecule has 0 saturated heterocycles. The van der Waals surface area contributed by atoms with Gasteiger partial charge in [-0.25, -0.2) is 0 Å². The molecule has 2 nitrogen and oxygen atoms in total. The van der Waals surface area contributed by atoms with E-state index < -0.39 is 5.41 Å². The lowest BCUT2D eigenvalue weighted by atomic mass is 9.67. The van der Waals surface area contributed by atoms with E-state index in [1.54, 1.807) is 0 Å². The molecule has 64 heavy (non-hydrogen) atoms. The zero-order valence-electron chi connectivity index (χ0n) is 34.8. The lowest BCUT2D eigenvalue weighted by Crippen LogP contribution is -2.29. The van der Waals surface area contributed by atoms with Crippen LogP contribution < -0.4 is 4.90 Å². The molecule has 0 bridgehead atoms. The maximum atomic E-state index is 6.69. The minimum absolute atomic E-state index is 0.587. The van der Waals surface area contributed by atoms with Gasteiger partial charge < -0.3 is 9.32 Å². The van der Waals surface area contributed by atoms with E-state index in [4.69, 9.17) is 4.42 Å². The van der Waals surface area contributed by atoms with Crippen LogP contribution in [0, 0.1) is 0 Å². The first-order chi connectivity index (χ1) is 31.7. The topological polar surface area (TPSA) is 16.4 Å². The highest BCUT2D eigenvalue weighted by molar-refractivity contribution is 7.25. The molecule has 1 aliphatic carbocycles. The maximum absolute atomic E-state index is 6.69. The van der Waals surface area contributed by atoms with Crippen LogP contribution in [0.3, 0.4) is 0 Å². The summed E-state index contributed by atoms with van der Waals surface area (Å²) < 4.78 is 9.26. The molecule has 0 unspecified atom stereocenters. The number of furan rings is 1. The predicted molar refractivity (Wildman–Crippen MR) is 269 cm³/mol. The van der Waals surface area contributed by atoms with Gasteiger partial charge in [-0.1, -0.05) is 176 Å². The molecule has 0 spiro atoms. The highest BCUT2D eigenvalue weighted by Crippen LogP contribution is 2.57. The Morgan fingerprint density at radius 1 is 0.359 bits per heavy atom. The van der Waals surface area contributed by atoms with Crippen molar-refractivity contribution in [2.45, 2.75) is 5.41 Å². The molecule has 13 rings (SSSR count). The van der Waals surface area contributed by atoms with Crippen molar-refractivity contribution < 1.29 is 4.42 Å².